The maximum Gasteiger partial charge on any atom is 0.414 e. The zero-order valence-electron chi connectivity index (χ0n) is 11.4. The van der Waals surface area contributed by atoms with E-state index in [4.69, 9.17) is 36.1 Å². The van der Waals surface area contributed by atoms with E-state index in [1.807, 2.05) is 24.3 Å². The Bertz CT molecular complexity index is 462. The molecule has 1 heterocycles. The van der Waals surface area contributed by atoms with E-state index in [0.717, 1.165) is 30.3 Å². The predicted octanol–water partition coefficient (Wildman–Crippen LogP) is 1.76. The smallest absolute Gasteiger partial charge is 0.414 e. The largest absolute Gasteiger partial charge is 0.473 e. The van der Waals surface area contributed by atoms with Gasteiger partial charge in [-0.3, -0.25) is 0 Å². The molecule has 1 fully saturated rings. The van der Waals surface area contributed by atoms with Crippen LogP contribution in [0.5, 0.6) is 0 Å². The van der Waals surface area contributed by atoms with Gasteiger partial charge in [0, 0.05) is 24.7 Å². The van der Waals surface area contributed by atoms with Crippen LogP contribution in [0.25, 0.3) is 0 Å². The topological polar surface area (TPSA) is 95.9 Å². The van der Waals surface area contributed by atoms with Crippen molar-refractivity contribution in [3.63, 3.8) is 0 Å². The van der Waals surface area contributed by atoms with Gasteiger partial charge < -0.3 is 20.3 Å². The molecule has 0 bridgehead atoms. The fraction of sp³-hybridized carbons (Fsp3) is 0.429. The molecule has 1 atom stereocenters. The van der Waals surface area contributed by atoms with E-state index in [-0.39, 0.29) is 0 Å². The number of hydrogen-bond acceptors (Lipinski definition) is 4. The summed E-state index contributed by atoms with van der Waals surface area (Å²) < 4.78 is 5.53. The quantitative estimate of drug-likeness (QED) is 0.733. The summed E-state index contributed by atoms with van der Waals surface area (Å²) in [4.78, 5) is 18.2. The van der Waals surface area contributed by atoms with Crippen molar-refractivity contribution in [3.05, 3.63) is 34.9 Å². The van der Waals surface area contributed by atoms with Crippen molar-refractivity contribution in [2.45, 2.75) is 25.5 Å². The van der Waals surface area contributed by atoms with Gasteiger partial charge in [-0.05, 0) is 24.5 Å². The van der Waals surface area contributed by atoms with E-state index in [9.17, 15) is 0 Å². The van der Waals surface area contributed by atoms with Crippen LogP contribution in [0.15, 0.2) is 24.3 Å². The summed E-state index contributed by atoms with van der Waals surface area (Å²) in [5, 5.41) is 19.0. The van der Waals surface area contributed by atoms with Gasteiger partial charge in [-0.25, -0.2) is 9.59 Å². The Morgan fingerprint density at radius 2 is 1.95 bits per heavy atom. The Morgan fingerprint density at radius 3 is 2.48 bits per heavy atom. The molecule has 0 radical (unpaired) electrons. The van der Waals surface area contributed by atoms with Crippen LogP contribution in [0.1, 0.15) is 18.4 Å². The molecule has 1 unspecified atom stereocenters. The third-order valence-electron chi connectivity index (χ3n) is 2.85. The lowest BCUT2D eigenvalue weighted by Gasteiger charge is -2.11. The van der Waals surface area contributed by atoms with Crippen LogP contribution in [-0.4, -0.2) is 41.4 Å². The first-order chi connectivity index (χ1) is 10.0. The fourth-order valence-corrected chi connectivity index (χ4v) is 2.02. The zero-order valence-corrected chi connectivity index (χ0v) is 12.2. The van der Waals surface area contributed by atoms with Crippen molar-refractivity contribution >= 4 is 23.5 Å². The summed E-state index contributed by atoms with van der Waals surface area (Å²) in [7, 11) is 0. The highest BCUT2D eigenvalue weighted by Crippen LogP contribution is 2.15. The highest BCUT2D eigenvalue weighted by molar-refractivity contribution is 6.31. The monoisotopic (exact) mass is 315 g/mol. The average molecular weight is 316 g/mol. The first-order valence-corrected chi connectivity index (χ1v) is 6.90. The van der Waals surface area contributed by atoms with Gasteiger partial charge in [-0.1, -0.05) is 29.8 Å². The van der Waals surface area contributed by atoms with Crippen molar-refractivity contribution in [2.75, 3.05) is 13.2 Å². The Balaban J connectivity index is 0.000000315. The highest BCUT2D eigenvalue weighted by atomic mass is 35.5. The van der Waals surface area contributed by atoms with Crippen molar-refractivity contribution in [1.29, 1.82) is 0 Å². The van der Waals surface area contributed by atoms with E-state index in [1.165, 1.54) is 12.8 Å². The molecule has 1 aromatic rings. The molecule has 0 amide bonds. The number of hydrogen-bond donors (Lipinski definition) is 3. The third kappa shape index (κ3) is 7.08. The summed E-state index contributed by atoms with van der Waals surface area (Å²) >= 11 is 6.05. The molecule has 0 spiro atoms. The minimum absolute atomic E-state index is 0.396. The van der Waals surface area contributed by atoms with Crippen LogP contribution in [-0.2, 0) is 20.9 Å². The van der Waals surface area contributed by atoms with Crippen LogP contribution in [0.4, 0.5) is 0 Å². The number of carboxylic acid groups (broad SMARTS) is 2. The molecule has 1 aromatic carbocycles. The number of rotatable bonds is 4. The third-order valence-corrected chi connectivity index (χ3v) is 3.22. The number of aliphatic carboxylic acids is 2. The lowest BCUT2D eigenvalue weighted by Crippen LogP contribution is -2.25. The van der Waals surface area contributed by atoms with Gasteiger partial charge in [0.1, 0.15) is 0 Å². The van der Waals surface area contributed by atoms with Crippen molar-refractivity contribution in [1.82, 2.24) is 5.32 Å². The summed E-state index contributed by atoms with van der Waals surface area (Å²) in [5.41, 5.74) is 1.15. The molecule has 6 nitrogen and oxygen atoms in total. The molecule has 116 valence electrons. The average Bonchev–Trinajstić information content (AvgIpc) is 2.95. The normalized spacial score (nSPS) is 16.9. The molecule has 1 aliphatic rings. The number of halogens is 1. The fourth-order valence-electron chi connectivity index (χ4n) is 1.81. The first kappa shape index (κ1) is 17.4. The van der Waals surface area contributed by atoms with Gasteiger partial charge in [0.05, 0.1) is 6.10 Å². The molecule has 7 heteroatoms. The van der Waals surface area contributed by atoms with Gasteiger partial charge in [0.25, 0.3) is 0 Å². The van der Waals surface area contributed by atoms with E-state index in [2.05, 4.69) is 5.32 Å². The number of nitrogens with one attached hydrogen (secondary N) is 1. The predicted molar refractivity (Wildman–Crippen MR) is 77.4 cm³/mol. The van der Waals surface area contributed by atoms with Crippen LogP contribution in [0.3, 0.4) is 0 Å². The summed E-state index contributed by atoms with van der Waals surface area (Å²) in [6.07, 6.45) is 2.76. The van der Waals surface area contributed by atoms with Gasteiger partial charge >= 0.3 is 11.9 Å². The lowest BCUT2D eigenvalue weighted by atomic mass is 10.2. The molecular formula is C14H18ClNO5. The van der Waals surface area contributed by atoms with Crippen molar-refractivity contribution in [3.8, 4) is 0 Å². The van der Waals surface area contributed by atoms with Gasteiger partial charge in [-0.15, -0.1) is 0 Å². The second-order valence-electron chi connectivity index (χ2n) is 4.47. The molecular weight excluding hydrogens is 298 g/mol. The SMILES string of the molecule is Clc1ccccc1CNCC1CCCO1.O=C(O)C(=O)O. The van der Waals surface area contributed by atoms with Crippen LogP contribution < -0.4 is 5.32 Å². The summed E-state index contributed by atoms with van der Waals surface area (Å²) in [6.45, 7) is 2.66. The Labute approximate surface area is 127 Å². The number of carbonyl (C=O) groups is 2. The second kappa shape index (κ2) is 9.33. The first-order valence-electron chi connectivity index (χ1n) is 6.52. The number of carboxylic acids is 2. The maximum atomic E-state index is 9.10. The van der Waals surface area contributed by atoms with Gasteiger partial charge in [0.15, 0.2) is 0 Å². The number of ether oxygens (including phenoxy) is 1. The second-order valence-corrected chi connectivity index (χ2v) is 4.87. The van der Waals surface area contributed by atoms with Crippen molar-refractivity contribution < 1.29 is 24.5 Å². The minimum Gasteiger partial charge on any atom is -0.473 e. The number of benzene rings is 1. The lowest BCUT2D eigenvalue weighted by molar-refractivity contribution is -0.159. The standard InChI is InChI=1S/C12H16ClNO.C2H2O4/c13-12-6-2-1-4-10(12)8-14-9-11-5-3-7-15-11;3-1(4)2(5)6/h1-2,4,6,11,14H,3,5,7-9H2;(H,3,4)(H,5,6). The van der Waals surface area contributed by atoms with Gasteiger partial charge in [-0.2, -0.15) is 0 Å². The molecule has 1 aliphatic heterocycles. The Kier molecular flexibility index (Phi) is 7.74. The summed E-state index contributed by atoms with van der Waals surface area (Å²) in [6, 6.07) is 7.93. The molecule has 0 aliphatic carbocycles. The van der Waals surface area contributed by atoms with Crippen LogP contribution >= 0.6 is 11.6 Å². The summed E-state index contributed by atoms with van der Waals surface area (Å²) in [5.74, 6) is -3.65. The molecule has 2 rings (SSSR count). The van der Waals surface area contributed by atoms with Crippen molar-refractivity contribution in [2.24, 2.45) is 0 Å². The molecule has 3 N–H and O–H groups in total. The molecule has 21 heavy (non-hydrogen) atoms. The molecule has 0 aromatic heterocycles. The van der Waals surface area contributed by atoms with E-state index < -0.39 is 11.9 Å². The highest BCUT2D eigenvalue weighted by Gasteiger charge is 2.14. The Hall–Kier alpha value is -1.63. The van der Waals surface area contributed by atoms with Crippen LogP contribution in [0.2, 0.25) is 5.02 Å². The van der Waals surface area contributed by atoms with E-state index >= 15 is 0 Å². The van der Waals surface area contributed by atoms with Gasteiger partial charge in [0.2, 0.25) is 0 Å². The molecule has 0 saturated carbocycles. The van der Waals surface area contributed by atoms with E-state index in [1.54, 1.807) is 0 Å². The molecule has 1 saturated heterocycles. The van der Waals surface area contributed by atoms with Crippen LogP contribution in [0, 0.1) is 0 Å². The Morgan fingerprint density at radius 1 is 1.29 bits per heavy atom. The maximum absolute atomic E-state index is 9.10. The minimum atomic E-state index is -1.82. The van der Waals surface area contributed by atoms with E-state index in [0.29, 0.717) is 6.10 Å². The zero-order chi connectivity index (χ0) is 15.7.